The first-order valence-electron chi connectivity index (χ1n) is 9.84. The van der Waals surface area contributed by atoms with Gasteiger partial charge in [-0.2, -0.15) is 0 Å². The Morgan fingerprint density at radius 3 is 2.86 bits per heavy atom. The quantitative estimate of drug-likeness (QED) is 0.323. The SMILES string of the molecule is CCNC(=NCc1nnc(C)n1C)NCC(c1cccs1)N1CCOC(C)C1.I. The molecule has 0 bridgehead atoms. The van der Waals surface area contributed by atoms with E-state index in [1.165, 1.54) is 4.88 Å². The largest absolute Gasteiger partial charge is 0.376 e. The van der Waals surface area contributed by atoms with Crippen molar-refractivity contribution in [3.63, 3.8) is 0 Å². The molecule has 0 aromatic carbocycles. The van der Waals surface area contributed by atoms with Gasteiger partial charge in [0.2, 0.25) is 0 Å². The molecule has 10 heteroatoms. The fourth-order valence-electron chi connectivity index (χ4n) is 3.29. The number of thiophene rings is 1. The van der Waals surface area contributed by atoms with E-state index in [1.807, 2.05) is 18.5 Å². The lowest BCUT2D eigenvalue weighted by Crippen LogP contribution is -2.48. The van der Waals surface area contributed by atoms with Gasteiger partial charge in [-0.05, 0) is 32.2 Å². The summed E-state index contributed by atoms with van der Waals surface area (Å²) >= 11 is 1.80. The molecule has 0 saturated carbocycles. The molecule has 0 amide bonds. The lowest BCUT2D eigenvalue weighted by atomic mass is 10.1. The Kier molecular flexibility index (Phi) is 9.80. The summed E-state index contributed by atoms with van der Waals surface area (Å²) in [6.45, 7) is 10.9. The van der Waals surface area contributed by atoms with Crippen LogP contribution in [0.25, 0.3) is 0 Å². The van der Waals surface area contributed by atoms with Crippen LogP contribution in [0.1, 0.15) is 36.4 Å². The fourth-order valence-corrected chi connectivity index (χ4v) is 4.15. The maximum Gasteiger partial charge on any atom is 0.191 e. The third-order valence-corrected chi connectivity index (χ3v) is 5.93. The molecule has 1 fully saturated rings. The van der Waals surface area contributed by atoms with Gasteiger partial charge in [-0.15, -0.1) is 45.5 Å². The van der Waals surface area contributed by atoms with Crippen molar-refractivity contribution in [1.29, 1.82) is 0 Å². The summed E-state index contributed by atoms with van der Waals surface area (Å²) in [5.41, 5.74) is 0. The second-order valence-corrected chi connectivity index (χ2v) is 7.99. The highest BCUT2D eigenvalue weighted by molar-refractivity contribution is 14.0. The van der Waals surface area contributed by atoms with E-state index in [0.29, 0.717) is 12.6 Å². The molecule has 0 spiro atoms. The summed E-state index contributed by atoms with van der Waals surface area (Å²) in [7, 11) is 1.97. The van der Waals surface area contributed by atoms with Gasteiger partial charge >= 0.3 is 0 Å². The number of morpholine rings is 1. The topological polar surface area (TPSA) is 79.6 Å². The van der Waals surface area contributed by atoms with E-state index in [-0.39, 0.29) is 30.1 Å². The Hall–Kier alpha value is -1.24. The molecule has 0 radical (unpaired) electrons. The van der Waals surface area contributed by atoms with E-state index in [9.17, 15) is 0 Å². The lowest BCUT2D eigenvalue weighted by molar-refractivity contribution is -0.0334. The van der Waals surface area contributed by atoms with Crippen molar-refractivity contribution in [1.82, 2.24) is 30.3 Å². The summed E-state index contributed by atoms with van der Waals surface area (Å²) in [4.78, 5) is 8.57. The molecule has 2 N–H and O–H groups in total. The Labute approximate surface area is 194 Å². The Morgan fingerprint density at radius 1 is 1.41 bits per heavy atom. The second kappa shape index (κ2) is 11.8. The molecule has 1 aliphatic heterocycles. The highest BCUT2D eigenvalue weighted by Gasteiger charge is 2.26. The van der Waals surface area contributed by atoms with Crippen molar-refractivity contribution >= 4 is 41.3 Å². The van der Waals surface area contributed by atoms with Crippen molar-refractivity contribution in [2.24, 2.45) is 12.0 Å². The first-order chi connectivity index (χ1) is 13.6. The van der Waals surface area contributed by atoms with Crippen LogP contribution in [0, 0.1) is 6.92 Å². The monoisotopic (exact) mass is 533 g/mol. The number of hydrogen-bond donors (Lipinski definition) is 2. The summed E-state index contributed by atoms with van der Waals surface area (Å²) < 4.78 is 7.70. The van der Waals surface area contributed by atoms with Crippen LogP contribution in [0.15, 0.2) is 22.5 Å². The van der Waals surface area contributed by atoms with Crippen molar-refractivity contribution in [2.45, 2.75) is 39.5 Å². The van der Waals surface area contributed by atoms with Crippen LogP contribution < -0.4 is 10.6 Å². The second-order valence-electron chi connectivity index (χ2n) is 7.01. The van der Waals surface area contributed by atoms with Gasteiger partial charge in [-0.1, -0.05) is 6.07 Å². The molecular weight excluding hydrogens is 501 g/mol. The van der Waals surface area contributed by atoms with Crippen LogP contribution in [-0.2, 0) is 18.3 Å². The number of ether oxygens (including phenoxy) is 1. The van der Waals surface area contributed by atoms with E-state index < -0.39 is 0 Å². The summed E-state index contributed by atoms with van der Waals surface area (Å²) in [6, 6.07) is 4.63. The molecule has 3 heterocycles. The predicted octanol–water partition coefficient (Wildman–Crippen LogP) is 2.32. The van der Waals surface area contributed by atoms with Crippen molar-refractivity contribution in [3.05, 3.63) is 34.0 Å². The van der Waals surface area contributed by atoms with Crippen LogP contribution in [0.3, 0.4) is 0 Å². The van der Waals surface area contributed by atoms with Gasteiger partial charge in [0.1, 0.15) is 12.4 Å². The molecule has 2 aromatic heterocycles. The molecule has 8 nitrogen and oxygen atoms in total. The summed E-state index contributed by atoms with van der Waals surface area (Å²) in [5, 5.41) is 17.3. The first-order valence-corrected chi connectivity index (χ1v) is 10.7. The number of guanidine groups is 1. The minimum absolute atomic E-state index is 0. The molecule has 2 unspecified atom stereocenters. The van der Waals surface area contributed by atoms with Gasteiger partial charge in [0, 0.05) is 38.1 Å². The molecule has 2 aromatic rings. The molecule has 1 saturated heterocycles. The van der Waals surface area contributed by atoms with Crippen LogP contribution >= 0.6 is 35.3 Å². The highest BCUT2D eigenvalue weighted by atomic mass is 127. The zero-order valence-electron chi connectivity index (χ0n) is 17.6. The van der Waals surface area contributed by atoms with E-state index in [1.54, 1.807) is 11.3 Å². The molecule has 162 valence electrons. The number of halogens is 1. The number of nitrogens with zero attached hydrogens (tertiary/aromatic N) is 5. The maximum absolute atomic E-state index is 5.73. The molecule has 1 aliphatic rings. The predicted molar refractivity (Wildman–Crippen MR) is 128 cm³/mol. The number of aryl methyl sites for hydroxylation is 1. The third-order valence-electron chi connectivity index (χ3n) is 4.95. The molecule has 0 aliphatic carbocycles. The lowest BCUT2D eigenvalue weighted by Gasteiger charge is -2.37. The Morgan fingerprint density at radius 2 is 2.24 bits per heavy atom. The van der Waals surface area contributed by atoms with Crippen LogP contribution in [0.4, 0.5) is 0 Å². The first kappa shape index (κ1) is 24.0. The van der Waals surface area contributed by atoms with Crippen molar-refractivity contribution < 1.29 is 4.74 Å². The van der Waals surface area contributed by atoms with Gasteiger partial charge in [-0.25, -0.2) is 4.99 Å². The standard InChI is InChI=1S/C19H31N7OS.HI/c1-5-20-19(22-12-18-24-23-15(3)25(18)4)21-11-16(17-7-6-10-28-17)26-8-9-27-14(2)13-26;/h6-7,10,14,16H,5,8-9,11-13H2,1-4H3,(H2,20,21,22);1H. The summed E-state index contributed by atoms with van der Waals surface area (Å²) in [5.74, 6) is 2.54. The molecule has 29 heavy (non-hydrogen) atoms. The van der Waals surface area contributed by atoms with E-state index in [0.717, 1.165) is 50.4 Å². The van der Waals surface area contributed by atoms with Gasteiger partial charge in [-0.3, -0.25) is 4.90 Å². The summed E-state index contributed by atoms with van der Waals surface area (Å²) in [6.07, 6.45) is 0.261. The van der Waals surface area contributed by atoms with Gasteiger partial charge in [0.25, 0.3) is 0 Å². The minimum Gasteiger partial charge on any atom is -0.376 e. The third kappa shape index (κ3) is 6.63. The number of hydrogen-bond acceptors (Lipinski definition) is 6. The van der Waals surface area contributed by atoms with Crippen LogP contribution in [0.2, 0.25) is 0 Å². The fraction of sp³-hybridized carbons (Fsp3) is 0.632. The van der Waals surface area contributed by atoms with E-state index in [4.69, 9.17) is 9.73 Å². The number of aliphatic imine (C=N–C) groups is 1. The number of rotatable bonds is 7. The Bertz CT molecular complexity index is 765. The van der Waals surface area contributed by atoms with Gasteiger partial charge in [0.05, 0.1) is 18.8 Å². The number of aromatic nitrogens is 3. The molecule has 2 atom stereocenters. The van der Waals surface area contributed by atoms with Crippen LogP contribution in [0.5, 0.6) is 0 Å². The van der Waals surface area contributed by atoms with Gasteiger partial charge in [0.15, 0.2) is 11.8 Å². The van der Waals surface area contributed by atoms with E-state index >= 15 is 0 Å². The average molecular weight is 533 g/mol. The molecule has 3 rings (SSSR count). The average Bonchev–Trinajstić information content (AvgIpc) is 3.32. The van der Waals surface area contributed by atoms with E-state index in [2.05, 4.69) is 57.1 Å². The number of nitrogens with one attached hydrogen (secondary N) is 2. The van der Waals surface area contributed by atoms with Crippen LogP contribution in [-0.4, -0.2) is 64.5 Å². The zero-order chi connectivity index (χ0) is 19.9. The maximum atomic E-state index is 5.73. The highest BCUT2D eigenvalue weighted by Crippen LogP contribution is 2.26. The van der Waals surface area contributed by atoms with Crippen molar-refractivity contribution in [3.8, 4) is 0 Å². The molecular formula is C19H32IN7OS. The van der Waals surface area contributed by atoms with Gasteiger partial charge < -0.3 is 19.9 Å². The smallest absolute Gasteiger partial charge is 0.191 e. The normalized spacial score (nSPS) is 18.9. The zero-order valence-corrected chi connectivity index (χ0v) is 20.7. The Balaban J connectivity index is 0.00000300. The minimum atomic E-state index is 0. The van der Waals surface area contributed by atoms with Crippen molar-refractivity contribution in [2.75, 3.05) is 32.8 Å².